The van der Waals surface area contributed by atoms with Crippen molar-refractivity contribution in [2.24, 2.45) is 0 Å². The molecule has 2 aromatic rings. The van der Waals surface area contributed by atoms with Gasteiger partial charge in [-0.1, -0.05) is 30.3 Å². The maximum Gasteiger partial charge on any atom is 0.416 e. The zero-order chi connectivity index (χ0) is 19.4. The van der Waals surface area contributed by atoms with Crippen molar-refractivity contribution in [1.82, 2.24) is 5.32 Å². The number of hydrogen-bond acceptors (Lipinski definition) is 1. The van der Waals surface area contributed by atoms with Gasteiger partial charge < -0.3 is 10.6 Å². The third kappa shape index (κ3) is 5.54. The molecule has 0 aromatic heterocycles. The van der Waals surface area contributed by atoms with E-state index in [4.69, 9.17) is 0 Å². The van der Waals surface area contributed by atoms with Crippen molar-refractivity contribution < 1.29 is 31.1 Å². The number of alkyl halides is 6. The van der Waals surface area contributed by atoms with Crippen LogP contribution in [0.25, 0.3) is 6.08 Å². The van der Waals surface area contributed by atoms with Gasteiger partial charge in [-0.05, 0) is 29.8 Å². The molecule has 2 amide bonds. The second-order valence-electron chi connectivity index (χ2n) is 5.14. The van der Waals surface area contributed by atoms with Gasteiger partial charge in [-0.15, -0.1) is 0 Å². The first kappa shape index (κ1) is 19.4. The standard InChI is InChI=1S/C17H12F6N2O/c18-16(19,20)12-8-13(17(21,22)23)10-14(9-12)25-15(26)24-7-6-11-4-2-1-3-5-11/h1-10H,(H2,24,25,26)/b7-6+. The number of rotatable bonds is 3. The third-order valence-corrected chi connectivity index (χ3v) is 3.14. The van der Waals surface area contributed by atoms with Crippen molar-refractivity contribution in [3.05, 3.63) is 71.4 Å². The lowest BCUT2D eigenvalue weighted by Gasteiger charge is -2.14. The molecule has 0 saturated heterocycles. The van der Waals surface area contributed by atoms with Crippen molar-refractivity contribution in [1.29, 1.82) is 0 Å². The summed E-state index contributed by atoms with van der Waals surface area (Å²) >= 11 is 0. The molecule has 138 valence electrons. The summed E-state index contributed by atoms with van der Waals surface area (Å²) in [6, 6.07) is 8.61. The van der Waals surface area contributed by atoms with Gasteiger partial charge in [0.2, 0.25) is 0 Å². The lowest BCUT2D eigenvalue weighted by molar-refractivity contribution is -0.143. The Labute approximate surface area is 144 Å². The van der Waals surface area contributed by atoms with E-state index >= 15 is 0 Å². The summed E-state index contributed by atoms with van der Waals surface area (Å²) in [5.74, 6) is 0. The Morgan fingerprint density at radius 3 is 1.88 bits per heavy atom. The fourth-order valence-corrected chi connectivity index (χ4v) is 1.97. The Hall–Kier alpha value is -2.97. The number of urea groups is 1. The van der Waals surface area contributed by atoms with E-state index in [1.807, 2.05) is 5.32 Å². The number of amides is 2. The summed E-state index contributed by atoms with van der Waals surface area (Å²) in [5, 5.41) is 4.15. The Balaban J connectivity index is 2.14. The Kier molecular flexibility index (Phi) is 5.59. The predicted molar refractivity (Wildman–Crippen MR) is 84.1 cm³/mol. The van der Waals surface area contributed by atoms with Crippen molar-refractivity contribution in [3.8, 4) is 0 Å². The molecule has 0 aliphatic heterocycles. The summed E-state index contributed by atoms with van der Waals surface area (Å²) in [6.45, 7) is 0. The smallest absolute Gasteiger partial charge is 0.314 e. The van der Waals surface area contributed by atoms with Crippen molar-refractivity contribution in [2.75, 3.05) is 5.32 Å². The summed E-state index contributed by atoms with van der Waals surface area (Å²) in [5.41, 5.74) is -2.91. The molecular weight excluding hydrogens is 362 g/mol. The summed E-state index contributed by atoms with van der Waals surface area (Å²) in [7, 11) is 0. The van der Waals surface area contributed by atoms with Gasteiger partial charge >= 0.3 is 18.4 Å². The molecule has 0 spiro atoms. The van der Waals surface area contributed by atoms with E-state index in [1.165, 1.54) is 12.3 Å². The van der Waals surface area contributed by atoms with Crippen LogP contribution >= 0.6 is 0 Å². The number of nitrogens with one attached hydrogen (secondary N) is 2. The van der Waals surface area contributed by atoms with Crippen LogP contribution in [0.2, 0.25) is 0 Å². The molecular formula is C17H12F6N2O. The average Bonchev–Trinajstić information content (AvgIpc) is 2.54. The van der Waals surface area contributed by atoms with Gasteiger partial charge in [0.05, 0.1) is 11.1 Å². The molecule has 0 heterocycles. The second-order valence-corrected chi connectivity index (χ2v) is 5.14. The third-order valence-electron chi connectivity index (χ3n) is 3.14. The van der Waals surface area contributed by atoms with Crippen LogP contribution in [0.1, 0.15) is 16.7 Å². The molecule has 9 heteroatoms. The topological polar surface area (TPSA) is 41.1 Å². The van der Waals surface area contributed by atoms with Crippen LogP contribution < -0.4 is 10.6 Å². The normalized spacial score (nSPS) is 12.2. The van der Waals surface area contributed by atoms with E-state index in [0.717, 1.165) is 5.56 Å². The van der Waals surface area contributed by atoms with Crippen LogP contribution in [0.3, 0.4) is 0 Å². The maximum absolute atomic E-state index is 12.8. The molecule has 0 bridgehead atoms. The molecule has 0 aliphatic carbocycles. The van der Waals surface area contributed by atoms with E-state index in [-0.39, 0.29) is 6.07 Å². The molecule has 0 saturated carbocycles. The maximum atomic E-state index is 12.8. The number of halogens is 6. The lowest BCUT2D eigenvalue weighted by atomic mass is 10.1. The monoisotopic (exact) mass is 374 g/mol. The zero-order valence-electron chi connectivity index (χ0n) is 12.9. The highest BCUT2D eigenvalue weighted by atomic mass is 19.4. The molecule has 0 atom stereocenters. The van der Waals surface area contributed by atoms with Crippen LogP contribution in [-0.2, 0) is 12.4 Å². The van der Waals surface area contributed by atoms with E-state index in [1.54, 1.807) is 30.3 Å². The number of hydrogen-bond donors (Lipinski definition) is 2. The summed E-state index contributed by atoms with van der Waals surface area (Å²) in [4.78, 5) is 11.7. The van der Waals surface area contributed by atoms with Gasteiger partial charge in [-0.2, -0.15) is 26.3 Å². The lowest BCUT2D eigenvalue weighted by Crippen LogP contribution is -2.24. The number of anilines is 1. The van der Waals surface area contributed by atoms with Crippen molar-refractivity contribution in [3.63, 3.8) is 0 Å². The quantitative estimate of drug-likeness (QED) is 0.683. The number of carbonyl (C=O) groups excluding carboxylic acids is 1. The van der Waals surface area contributed by atoms with E-state index < -0.39 is 35.2 Å². The molecule has 3 nitrogen and oxygen atoms in total. The molecule has 2 N–H and O–H groups in total. The molecule has 26 heavy (non-hydrogen) atoms. The first-order valence-corrected chi connectivity index (χ1v) is 7.14. The molecule has 0 unspecified atom stereocenters. The van der Waals surface area contributed by atoms with Gasteiger partial charge in [-0.3, -0.25) is 0 Å². The molecule has 0 fully saturated rings. The first-order chi connectivity index (χ1) is 12.1. The highest BCUT2D eigenvalue weighted by molar-refractivity contribution is 5.90. The molecule has 2 rings (SSSR count). The molecule has 2 aromatic carbocycles. The minimum atomic E-state index is -4.98. The van der Waals surface area contributed by atoms with Crippen LogP contribution in [0.15, 0.2) is 54.7 Å². The first-order valence-electron chi connectivity index (χ1n) is 7.14. The van der Waals surface area contributed by atoms with Crippen LogP contribution in [0.4, 0.5) is 36.8 Å². The average molecular weight is 374 g/mol. The Morgan fingerprint density at radius 1 is 0.846 bits per heavy atom. The zero-order valence-corrected chi connectivity index (χ0v) is 12.9. The molecule has 0 aliphatic rings. The SMILES string of the molecule is O=C(N/C=C/c1ccccc1)Nc1cc(C(F)(F)F)cc(C(F)(F)F)c1. The van der Waals surface area contributed by atoms with Crippen LogP contribution in [-0.4, -0.2) is 6.03 Å². The highest BCUT2D eigenvalue weighted by Crippen LogP contribution is 2.37. The Bertz CT molecular complexity index is 765. The van der Waals surface area contributed by atoms with E-state index in [9.17, 15) is 31.1 Å². The van der Waals surface area contributed by atoms with Crippen molar-refractivity contribution >= 4 is 17.8 Å². The number of carbonyl (C=O) groups is 1. The van der Waals surface area contributed by atoms with Crippen molar-refractivity contribution in [2.45, 2.75) is 12.4 Å². The van der Waals surface area contributed by atoms with Gasteiger partial charge in [0.1, 0.15) is 0 Å². The van der Waals surface area contributed by atoms with E-state index in [2.05, 4.69) is 5.32 Å². The van der Waals surface area contributed by atoms with Gasteiger partial charge in [0.15, 0.2) is 0 Å². The highest BCUT2D eigenvalue weighted by Gasteiger charge is 2.37. The van der Waals surface area contributed by atoms with Gasteiger partial charge in [0, 0.05) is 11.9 Å². The summed E-state index contributed by atoms with van der Waals surface area (Å²) < 4.78 is 76.5. The van der Waals surface area contributed by atoms with E-state index in [0.29, 0.717) is 12.1 Å². The van der Waals surface area contributed by atoms with Crippen LogP contribution in [0.5, 0.6) is 0 Å². The molecule has 0 radical (unpaired) electrons. The fourth-order valence-electron chi connectivity index (χ4n) is 1.97. The van der Waals surface area contributed by atoms with Gasteiger partial charge in [0.25, 0.3) is 0 Å². The van der Waals surface area contributed by atoms with Gasteiger partial charge in [-0.25, -0.2) is 4.79 Å². The van der Waals surface area contributed by atoms with Crippen LogP contribution in [0, 0.1) is 0 Å². The predicted octanol–water partition coefficient (Wildman–Crippen LogP) is 5.52. The minimum absolute atomic E-state index is 0.0155. The Morgan fingerprint density at radius 2 is 1.38 bits per heavy atom. The summed E-state index contributed by atoms with van der Waals surface area (Å²) in [6.07, 6.45) is -7.25. The fraction of sp³-hybridized carbons (Fsp3) is 0.118. The second kappa shape index (κ2) is 7.51. The largest absolute Gasteiger partial charge is 0.416 e. The number of benzene rings is 2. The minimum Gasteiger partial charge on any atom is -0.314 e.